The summed E-state index contributed by atoms with van der Waals surface area (Å²) in [6, 6.07) is 6.56. The summed E-state index contributed by atoms with van der Waals surface area (Å²) < 4.78 is 5.13. The molecule has 0 saturated carbocycles. The first-order valence-corrected chi connectivity index (χ1v) is 7.55. The van der Waals surface area contributed by atoms with E-state index in [1.165, 1.54) is 6.20 Å². The highest BCUT2D eigenvalue weighted by Gasteiger charge is 2.16. The second-order valence-corrected chi connectivity index (χ2v) is 5.92. The predicted molar refractivity (Wildman–Crippen MR) is 87.6 cm³/mol. The average Bonchev–Trinajstić information content (AvgIpc) is 2.95. The molecule has 1 aromatic carbocycles. The van der Waals surface area contributed by atoms with E-state index in [9.17, 15) is 9.59 Å². The van der Waals surface area contributed by atoms with Crippen molar-refractivity contribution in [2.24, 2.45) is 0 Å². The molecule has 2 amide bonds. The number of nitrogens with one attached hydrogen (secondary N) is 2. The molecule has 23 heavy (non-hydrogen) atoms. The molecule has 0 aliphatic carbocycles. The topological polar surface area (TPSA) is 84.2 Å². The van der Waals surface area contributed by atoms with Crippen LogP contribution >= 0.6 is 0 Å². The molecule has 1 heterocycles. The Morgan fingerprint density at radius 2 is 1.57 bits per heavy atom. The lowest BCUT2D eigenvalue weighted by molar-refractivity contribution is 0.0941. The van der Waals surface area contributed by atoms with Gasteiger partial charge in [0.25, 0.3) is 11.8 Å². The number of carbonyl (C=O) groups is 2. The van der Waals surface area contributed by atoms with Crippen molar-refractivity contribution in [3.63, 3.8) is 0 Å². The zero-order valence-electron chi connectivity index (χ0n) is 13.7. The van der Waals surface area contributed by atoms with Gasteiger partial charge in [0.2, 0.25) is 0 Å². The van der Waals surface area contributed by atoms with Crippen LogP contribution in [-0.2, 0) is 0 Å². The highest BCUT2D eigenvalue weighted by Crippen LogP contribution is 2.24. The van der Waals surface area contributed by atoms with Crippen LogP contribution in [0.25, 0.3) is 0 Å². The minimum atomic E-state index is -0.272. The number of carbonyl (C=O) groups excluding carboxylic acids is 2. The van der Waals surface area contributed by atoms with Crippen LogP contribution in [0.2, 0.25) is 0 Å². The maximum absolute atomic E-state index is 12.3. The van der Waals surface area contributed by atoms with E-state index in [0.717, 1.165) is 0 Å². The van der Waals surface area contributed by atoms with Crippen LogP contribution in [0.3, 0.4) is 0 Å². The molecular formula is C17H21N3O3. The van der Waals surface area contributed by atoms with Gasteiger partial charge in [-0.3, -0.25) is 9.59 Å². The highest BCUT2D eigenvalue weighted by atomic mass is 16.5. The monoisotopic (exact) mass is 315 g/mol. The van der Waals surface area contributed by atoms with Crippen molar-refractivity contribution in [1.82, 2.24) is 10.5 Å². The van der Waals surface area contributed by atoms with Crippen LogP contribution in [0.5, 0.6) is 0 Å². The van der Waals surface area contributed by atoms with E-state index in [1.54, 1.807) is 24.3 Å². The predicted octanol–water partition coefficient (Wildman–Crippen LogP) is 3.19. The number of amides is 2. The van der Waals surface area contributed by atoms with E-state index in [2.05, 4.69) is 15.8 Å². The summed E-state index contributed by atoms with van der Waals surface area (Å²) in [5, 5.41) is 9.29. The molecule has 0 fully saturated rings. The molecule has 2 N–H and O–H groups in total. The summed E-state index contributed by atoms with van der Waals surface area (Å²) in [7, 11) is 0. The zero-order chi connectivity index (χ0) is 17.0. The lowest BCUT2D eigenvalue weighted by Crippen LogP contribution is -2.30. The molecule has 6 nitrogen and oxygen atoms in total. The first-order valence-electron chi connectivity index (χ1n) is 7.55. The third-order valence-corrected chi connectivity index (χ3v) is 3.20. The Morgan fingerprint density at radius 1 is 1.00 bits per heavy atom. The molecule has 0 radical (unpaired) electrons. The van der Waals surface area contributed by atoms with Crippen LogP contribution in [0.1, 0.15) is 60.1 Å². The van der Waals surface area contributed by atoms with Crippen molar-refractivity contribution < 1.29 is 14.1 Å². The second kappa shape index (κ2) is 7.09. The number of benzene rings is 1. The molecule has 0 unspecified atom stereocenters. The maximum Gasteiger partial charge on any atom is 0.255 e. The number of aromatic nitrogens is 1. The molecular weight excluding hydrogens is 294 g/mol. The van der Waals surface area contributed by atoms with Crippen LogP contribution < -0.4 is 10.6 Å². The molecule has 0 aliphatic rings. The molecule has 0 saturated heterocycles. The lowest BCUT2D eigenvalue weighted by Gasteiger charge is -2.09. The minimum absolute atomic E-state index is 0.0634. The molecule has 1 aromatic heterocycles. The molecule has 6 heteroatoms. The summed E-state index contributed by atoms with van der Waals surface area (Å²) >= 11 is 0. The van der Waals surface area contributed by atoms with Gasteiger partial charge in [-0.1, -0.05) is 19.0 Å². The van der Waals surface area contributed by atoms with Crippen molar-refractivity contribution in [3.05, 3.63) is 47.3 Å². The Labute approximate surface area is 135 Å². The molecule has 0 spiro atoms. The first-order chi connectivity index (χ1) is 10.9. The van der Waals surface area contributed by atoms with Crippen molar-refractivity contribution in [2.45, 2.75) is 39.7 Å². The van der Waals surface area contributed by atoms with E-state index in [-0.39, 0.29) is 23.8 Å². The van der Waals surface area contributed by atoms with Gasteiger partial charge in [-0.15, -0.1) is 0 Å². The van der Waals surface area contributed by atoms with E-state index < -0.39 is 0 Å². The van der Waals surface area contributed by atoms with Gasteiger partial charge in [0, 0.05) is 23.1 Å². The Kier molecular flexibility index (Phi) is 5.16. The fourth-order valence-electron chi connectivity index (χ4n) is 2.07. The third kappa shape index (κ3) is 4.18. The number of hydrogen-bond acceptors (Lipinski definition) is 4. The van der Waals surface area contributed by atoms with Gasteiger partial charge in [-0.2, -0.15) is 0 Å². The van der Waals surface area contributed by atoms with Crippen LogP contribution in [0.4, 0.5) is 5.69 Å². The van der Waals surface area contributed by atoms with Gasteiger partial charge in [-0.25, -0.2) is 0 Å². The van der Waals surface area contributed by atoms with Crippen LogP contribution in [0, 0.1) is 0 Å². The summed E-state index contributed by atoms with van der Waals surface area (Å²) in [4.78, 5) is 24.1. The molecule has 2 aromatic rings. The quantitative estimate of drug-likeness (QED) is 0.887. The van der Waals surface area contributed by atoms with Gasteiger partial charge in [0.05, 0.1) is 6.20 Å². The average molecular weight is 315 g/mol. The lowest BCUT2D eigenvalue weighted by atomic mass is 10.1. The van der Waals surface area contributed by atoms with Gasteiger partial charge in [-0.05, 0) is 38.1 Å². The number of hydrogen-bond donors (Lipinski definition) is 2. The fourth-order valence-corrected chi connectivity index (χ4v) is 2.07. The molecule has 0 bridgehead atoms. The number of anilines is 1. The van der Waals surface area contributed by atoms with Crippen LogP contribution in [-0.4, -0.2) is 23.0 Å². The van der Waals surface area contributed by atoms with Crippen LogP contribution in [0.15, 0.2) is 35.0 Å². The molecule has 0 aliphatic heterocycles. The van der Waals surface area contributed by atoms with E-state index >= 15 is 0 Å². The first kappa shape index (κ1) is 16.7. The van der Waals surface area contributed by atoms with Gasteiger partial charge in [0.1, 0.15) is 5.69 Å². The molecule has 2 rings (SSSR count). The Balaban J connectivity index is 2.08. The van der Waals surface area contributed by atoms with E-state index in [4.69, 9.17) is 4.52 Å². The van der Waals surface area contributed by atoms with Gasteiger partial charge in [0.15, 0.2) is 5.76 Å². The maximum atomic E-state index is 12.3. The van der Waals surface area contributed by atoms with E-state index in [1.807, 2.05) is 27.7 Å². The Morgan fingerprint density at radius 3 is 2.09 bits per heavy atom. The normalized spacial score (nSPS) is 10.9. The van der Waals surface area contributed by atoms with Gasteiger partial charge >= 0.3 is 0 Å². The summed E-state index contributed by atoms with van der Waals surface area (Å²) in [5.41, 5.74) is 1.54. The summed E-state index contributed by atoms with van der Waals surface area (Å²) in [6.45, 7) is 7.70. The van der Waals surface area contributed by atoms with Crippen molar-refractivity contribution in [1.29, 1.82) is 0 Å². The Hall–Kier alpha value is -2.63. The summed E-state index contributed by atoms with van der Waals surface area (Å²) in [6.07, 6.45) is 1.48. The molecule has 122 valence electrons. The molecule has 0 atom stereocenters. The van der Waals surface area contributed by atoms with Crippen molar-refractivity contribution in [3.8, 4) is 0 Å². The third-order valence-electron chi connectivity index (χ3n) is 3.20. The smallest absolute Gasteiger partial charge is 0.255 e. The Bertz CT molecular complexity index is 687. The second-order valence-electron chi connectivity index (χ2n) is 5.92. The SMILES string of the molecule is CC(C)NC(=O)c1ccc(C(=O)Nc2cnoc2C(C)C)cc1. The summed E-state index contributed by atoms with van der Waals surface area (Å²) in [5.74, 6) is 0.320. The zero-order valence-corrected chi connectivity index (χ0v) is 13.7. The van der Waals surface area contributed by atoms with Crippen molar-refractivity contribution >= 4 is 17.5 Å². The highest BCUT2D eigenvalue weighted by molar-refractivity contribution is 6.05. The number of nitrogens with zero attached hydrogens (tertiary/aromatic N) is 1. The van der Waals surface area contributed by atoms with Crippen molar-refractivity contribution in [2.75, 3.05) is 5.32 Å². The fraction of sp³-hybridized carbons (Fsp3) is 0.353. The van der Waals surface area contributed by atoms with E-state index in [0.29, 0.717) is 22.6 Å². The van der Waals surface area contributed by atoms with Gasteiger partial charge < -0.3 is 15.2 Å². The largest absolute Gasteiger partial charge is 0.359 e. The minimum Gasteiger partial charge on any atom is -0.359 e. The number of rotatable bonds is 5. The standard InChI is InChI=1S/C17H21N3O3/c1-10(2)15-14(9-18-23-15)20-17(22)13-7-5-12(6-8-13)16(21)19-11(3)4/h5-11H,1-4H3,(H,19,21)(H,20,22).